The van der Waals surface area contributed by atoms with Crippen LogP contribution in [0.25, 0.3) is 28.4 Å². The smallest absolute Gasteiger partial charge is 0.331 e. The third-order valence-electron chi connectivity index (χ3n) is 8.75. The molecule has 18 heteroatoms. The van der Waals surface area contributed by atoms with Crippen LogP contribution < -0.4 is 14.9 Å². The zero-order chi connectivity index (χ0) is 38.8. The number of carbonyl (C=O) groups is 1. The molecule has 4 aromatic rings. The van der Waals surface area contributed by atoms with Gasteiger partial charge < -0.3 is 79.2 Å². The van der Waals surface area contributed by atoms with Gasteiger partial charge in [0.15, 0.2) is 11.9 Å². The van der Waals surface area contributed by atoms with Crippen molar-refractivity contribution < 1.29 is 84.0 Å². The molecule has 3 heterocycles. The number of esters is 1. The van der Waals surface area contributed by atoms with Gasteiger partial charge in [-0.2, -0.15) is 0 Å². The second-order valence-electron chi connectivity index (χ2n) is 12.4. The summed E-state index contributed by atoms with van der Waals surface area (Å²) in [7, 11) is 0. The number of fused-ring (bicyclic) bond motifs is 1. The second kappa shape index (κ2) is 16.0. The van der Waals surface area contributed by atoms with E-state index < -0.39 is 109 Å². The summed E-state index contributed by atoms with van der Waals surface area (Å²) in [5, 5.41) is 101. The van der Waals surface area contributed by atoms with Gasteiger partial charge in [0.1, 0.15) is 76.7 Å². The van der Waals surface area contributed by atoms with Crippen molar-refractivity contribution in [3.8, 4) is 40.1 Å². The molecule has 2 aliphatic heterocycles. The first-order valence-corrected chi connectivity index (χ1v) is 16.4. The summed E-state index contributed by atoms with van der Waals surface area (Å²) in [6, 6.07) is 13.0. The Morgan fingerprint density at radius 1 is 0.722 bits per heavy atom. The Balaban J connectivity index is 1.35. The molecule has 10 atom stereocenters. The van der Waals surface area contributed by atoms with Gasteiger partial charge in [0.05, 0.1) is 13.2 Å². The Morgan fingerprint density at radius 3 is 2.00 bits per heavy atom. The van der Waals surface area contributed by atoms with Gasteiger partial charge in [-0.15, -0.1) is 0 Å². The quantitative estimate of drug-likeness (QED) is 0.0700. The van der Waals surface area contributed by atoms with E-state index in [1.165, 1.54) is 54.6 Å². The third kappa shape index (κ3) is 7.82. The van der Waals surface area contributed by atoms with Crippen LogP contribution in [0.5, 0.6) is 28.7 Å². The fraction of sp³-hybridized carbons (Fsp3) is 0.333. The molecule has 0 aliphatic carbocycles. The molecule has 0 amide bonds. The van der Waals surface area contributed by atoms with Crippen molar-refractivity contribution in [1.29, 1.82) is 0 Å². The van der Waals surface area contributed by atoms with E-state index >= 15 is 0 Å². The molecule has 2 fully saturated rings. The maximum atomic E-state index is 14.0. The summed E-state index contributed by atoms with van der Waals surface area (Å²) in [6.07, 6.45) is -14.4. The van der Waals surface area contributed by atoms with Crippen LogP contribution in [-0.2, 0) is 19.0 Å². The monoisotopic (exact) mass is 756 g/mol. The SMILES string of the molecule is O=C(C=Cc1ccc(O)cc1)O[C@@H]1[C@@H](Oc2c(-c3ccc(O[C@H]4O[C@@H](CO)[C@H](O)[C@@H](O)[C@@H]4O)cc3)oc3cc(O)cc(O)c3c2=O)O[C@@H](CO)[C@H](O)[C@H]1O. The molecule has 3 aromatic carbocycles. The van der Waals surface area contributed by atoms with Crippen LogP contribution in [0.4, 0.5) is 0 Å². The van der Waals surface area contributed by atoms with E-state index in [2.05, 4.69) is 0 Å². The standard InChI is InChI=1S/C36H36O18/c37-13-22-26(43)29(46)31(48)35(51-22)49-19-8-4-16(5-9-19)32-33(28(45)25-20(41)11-18(40)12-21(25)50-32)54-36-34(30(47)27(44)23(14-38)52-36)53-24(42)10-3-15-1-6-17(39)7-2-15/h1-12,22-23,26-27,29-31,34-41,43-44,46-48H,13-14H2/t22-,23-,26-,27-,29+,30+,31-,34-,35-,36+/m0/s1. The lowest BCUT2D eigenvalue weighted by molar-refractivity contribution is -0.281. The average Bonchev–Trinajstić information content (AvgIpc) is 3.15. The summed E-state index contributed by atoms with van der Waals surface area (Å²) in [5.41, 5.74) is -0.731. The Bertz CT molecular complexity index is 2030. The van der Waals surface area contributed by atoms with Crippen LogP contribution in [0.2, 0.25) is 0 Å². The Hall–Kier alpha value is -5.28. The summed E-state index contributed by atoms with van der Waals surface area (Å²) >= 11 is 0. The van der Waals surface area contributed by atoms with Gasteiger partial charge >= 0.3 is 5.97 Å². The van der Waals surface area contributed by atoms with E-state index in [-0.39, 0.29) is 28.4 Å². The Labute approximate surface area is 304 Å². The van der Waals surface area contributed by atoms with Gasteiger partial charge in [0.25, 0.3) is 0 Å². The van der Waals surface area contributed by atoms with Crippen LogP contribution in [0, 0.1) is 0 Å². The topological polar surface area (TPSA) is 296 Å². The van der Waals surface area contributed by atoms with Crippen LogP contribution in [0.1, 0.15) is 5.56 Å². The first-order chi connectivity index (χ1) is 25.8. The molecule has 1 aromatic heterocycles. The van der Waals surface area contributed by atoms with E-state index in [1.807, 2.05) is 0 Å². The number of rotatable bonds is 10. The lowest BCUT2D eigenvalue weighted by Gasteiger charge is -2.41. The molecule has 10 N–H and O–H groups in total. The Kier molecular flexibility index (Phi) is 11.4. The maximum Gasteiger partial charge on any atom is 0.331 e. The molecule has 18 nitrogen and oxygen atoms in total. The van der Waals surface area contributed by atoms with Gasteiger partial charge in [-0.1, -0.05) is 12.1 Å². The van der Waals surface area contributed by atoms with Crippen molar-refractivity contribution >= 4 is 23.0 Å². The first-order valence-electron chi connectivity index (χ1n) is 16.4. The van der Waals surface area contributed by atoms with Crippen LogP contribution in [-0.4, -0.2) is 132 Å². The van der Waals surface area contributed by atoms with E-state index in [0.29, 0.717) is 5.56 Å². The van der Waals surface area contributed by atoms with Crippen LogP contribution >= 0.6 is 0 Å². The number of phenolic OH excluding ortho intramolecular Hbond substituents is 3. The van der Waals surface area contributed by atoms with Crippen LogP contribution in [0.15, 0.2) is 76.0 Å². The van der Waals surface area contributed by atoms with Crippen molar-refractivity contribution in [2.45, 2.75) is 61.4 Å². The lowest BCUT2D eigenvalue weighted by atomic mass is 9.99. The number of hydrogen-bond donors (Lipinski definition) is 10. The summed E-state index contributed by atoms with van der Waals surface area (Å²) in [6.45, 7) is -1.52. The molecule has 6 rings (SSSR count). The molecule has 0 radical (unpaired) electrons. The minimum atomic E-state index is -1.92. The van der Waals surface area contributed by atoms with Crippen molar-refractivity contribution in [2.75, 3.05) is 13.2 Å². The number of ether oxygens (including phenoxy) is 5. The highest BCUT2D eigenvalue weighted by Gasteiger charge is 2.49. The second-order valence-corrected chi connectivity index (χ2v) is 12.4. The van der Waals surface area contributed by atoms with Gasteiger partial charge in [0.2, 0.25) is 23.8 Å². The third-order valence-corrected chi connectivity index (χ3v) is 8.75. The molecular weight excluding hydrogens is 720 g/mol. The predicted molar refractivity (Wildman–Crippen MR) is 181 cm³/mol. The van der Waals surface area contributed by atoms with E-state index in [1.54, 1.807) is 0 Å². The highest BCUT2D eigenvalue weighted by Crippen LogP contribution is 2.38. The first kappa shape index (κ1) is 38.4. The fourth-order valence-corrected chi connectivity index (χ4v) is 5.86. The summed E-state index contributed by atoms with van der Waals surface area (Å²) < 4.78 is 34.0. The highest BCUT2D eigenvalue weighted by molar-refractivity contribution is 5.88. The number of aromatic hydroxyl groups is 3. The largest absolute Gasteiger partial charge is 0.508 e. The van der Waals surface area contributed by atoms with E-state index in [9.17, 15) is 60.7 Å². The molecule has 0 spiro atoms. The number of aliphatic hydroxyl groups excluding tert-OH is 7. The molecule has 54 heavy (non-hydrogen) atoms. The predicted octanol–water partition coefficient (Wildman–Crippen LogP) is -0.802. The van der Waals surface area contributed by atoms with Crippen molar-refractivity contribution in [2.24, 2.45) is 0 Å². The van der Waals surface area contributed by atoms with Crippen molar-refractivity contribution in [1.82, 2.24) is 0 Å². The zero-order valence-electron chi connectivity index (χ0n) is 27.9. The number of benzene rings is 3. The number of aliphatic hydroxyl groups is 7. The molecule has 0 unspecified atom stereocenters. The number of carbonyl (C=O) groups excluding carboxylic acids is 1. The van der Waals surface area contributed by atoms with Gasteiger partial charge in [-0.25, -0.2) is 4.79 Å². The molecule has 288 valence electrons. The minimum Gasteiger partial charge on any atom is -0.508 e. The molecule has 2 aliphatic rings. The normalized spacial score (nSPS) is 28.6. The van der Waals surface area contributed by atoms with E-state index in [0.717, 1.165) is 18.2 Å². The zero-order valence-corrected chi connectivity index (χ0v) is 27.9. The van der Waals surface area contributed by atoms with Gasteiger partial charge in [0, 0.05) is 23.8 Å². The number of phenols is 3. The summed E-state index contributed by atoms with van der Waals surface area (Å²) in [4.78, 5) is 26.9. The van der Waals surface area contributed by atoms with Crippen molar-refractivity contribution in [3.05, 3.63) is 82.5 Å². The molecule has 0 bridgehead atoms. The highest BCUT2D eigenvalue weighted by atomic mass is 16.7. The molecular formula is C36H36O18. The average molecular weight is 757 g/mol. The van der Waals surface area contributed by atoms with Crippen molar-refractivity contribution in [3.63, 3.8) is 0 Å². The van der Waals surface area contributed by atoms with Gasteiger partial charge in [-0.05, 0) is 48.0 Å². The van der Waals surface area contributed by atoms with Crippen LogP contribution in [0.3, 0.4) is 0 Å². The summed E-state index contributed by atoms with van der Waals surface area (Å²) in [5.74, 6) is -3.20. The molecule has 2 saturated heterocycles. The lowest BCUT2D eigenvalue weighted by Crippen LogP contribution is -2.61. The Morgan fingerprint density at radius 2 is 1.35 bits per heavy atom. The molecule has 0 saturated carbocycles. The minimum absolute atomic E-state index is 0.00960. The fourth-order valence-electron chi connectivity index (χ4n) is 5.86. The van der Waals surface area contributed by atoms with Gasteiger partial charge in [-0.3, -0.25) is 4.79 Å². The number of hydrogen-bond acceptors (Lipinski definition) is 18. The maximum absolute atomic E-state index is 14.0. The van der Waals surface area contributed by atoms with E-state index in [4.69, 9.17) is 28.1 Å².